The van der Waals surface area contributed by atoms with Crippen molar-refractivity contribution >= 4 is 5.97 Å². The van der Waals surface area contributed by atoms with E-state index in [1.807, 2.05) is 6.07 Å². The molecule has 0 aromatic heterocycles. The standard InChI is InChI=1S/C18H24O5/c1-2-3-4-5-11-8-14(19)16-13-10-18(22,23-15(16)9-11)7-6-12(13)17(20)21/h8-9,12-13,19,22H,2-7,10H2,1H3,(H,20,21). The van der Waals surface area contributed by atoms with Crippen molar-refractivity contribution in [3.63, 3.8) is 0 Å². The molecule has 3 N–H and O–H groups in total. The molecule has 126 valence electrons. The molecule has 3 rings (SSSR count). The smallest absolute Gasteiger partial charge is 0.307 e. The highest BCUT2D eigenvalue weighted by Crippen LogP contribution is 2.53. The number of benzene rings is 1. The van der Waals surface area contributed by atoms with Crippen molar-refractivity contribution in [1.29, 1.82) is 0 Å². The number of phenolic OH excluding ortho intramolecular Hbond substituents is 1. The number of fused-ring (bicyclic) bond motifs is 4. The summed E-state index contributed by atoms with van der Waals surface area (Å²) in [5.41, 5.74) is 1.51. The molecule has 5 nitrogen and oxygen atoms in total. The van der Waals surface area contributed by atoms with E-state index in [2.05, 4.69) is 6.92 Å². The number of carbonyl (C=O) groups is 1. The largest absolute Gasteiger partial charge is 0.508 e. The third-order valence-electron chi connectivity index (χ3n) is 5.11. The summed E-state index contributed by atoms with van der Waals surface area (Å²) in [5, 5.41) is 30.4. The molecule has 1 saturated carbocycles. The molecule has 3 unspecified atom stereocenters. The van der Waals surface area contributed by atoms with Gasteiger partial charge in [0.2, 0.25) is 5.79 Å². The molecule has 1 heterocycles. The van der Waals surface area contributed by atoms with Crippen LogP contribution >= 0.6 is 0 Å². The van der Waals surface area contributed by atoms with Crippen LogP contribution in [0.4, 0.5) is 0 Å². The topological polar surface area (TPSA) is 87.0 Å². The number of aliphatic hydroxyl groups is 1. The van der Waals surface area contributed by atoms with Gasteiger partial charge in [-0.25, -0.2) is 0 Å². The van der Waals surface area contributed by atoms with Crippen LogP contribution in [0.15, 0.2) is 12.1 Å². The maximum Gasteiger partial charge on any atom is 0.307 e. The Labute approximate surface area is 135 Å². The van der Waals surface area contributed by atoms with Gasteiger partial charge in [-0.15, -0.1) is 0 Å². The average molecular weight is 320 g/mol. The number of phenols is 1. The molecular formula is C18H24O5. The summed E-state index contributed by atoms with van der Waals surface area (Å²) in [6.45, 7) is 2.14. The van der Waals surface area contributed by atoms with Crippen LogP contribution < -0.4 is 4.74 Å². The van der Waals surface area contributed by atoms with Gasteiger partial charge in [-0.3, -0.25) is 4.79 Å². The van der Waals surface area contributed by atoms with E-state index < -0.39 is 23.6 Å². The lowest BCUT2D eigenvalue weighted by atomic mass is 9.70. The van der Waals surface area contributed by atoms with Crippen molar-refractivity contribution in [3.8, 4) is 11.5 Å². The lowest BCUT2D eigenvalue weighted by molar-refractivity contribution is -0.186. The van der Waals surface area contributed by atoms with Crippen molar-refractivity contribution in [1.82, 2.24) is 0 Å². The maximum absolute atomic E-state index is 11.5. The summed E-state index contributed by atoms with van der Waals surface area (Å²) in [5.74, 6) is -2.64. The van der Waals surface area contributed by atoms with Crippen LogP contribution in [0.1, 0.15) is 62.5 Å². The van der Waals surface area contributed by atoms with Crippen LogP contribution in [0.2, 0.25) is 0 Å². The molecule has 2 bridgehead atoms. The zero-order chi connectivity index (χ0) is 16.6. The number of ether oxygens (including phenoxy) is 1. The predicted molar refractivity (Wildman–Crippen MR) is 84.6 cm³/mol. The van der Waals surface area contributed by atoms with Crippen LogP contribution in [0.25, 0.3) is 0 Å². The van der Waals surface area contributed by atoms with Gasteiger partial charge in [-0.2, -0.15) is 0 Å². The minimum atomic E-state index is -1.31. The van der Waals surface area contributed by atoms with Crippen LogP contribution in [0, 0.1) is 5.92 Å². The summed E-state index contributed by atoms with van der Waals surface area (Å²) in [6.07, 6.45) is 4.99. The molecule has 1 aliphatic heterocycles. The number of unbranched alkanes of at least 4 members (excludes halogenated alkanes) is 2. The SMILES string of the molecule is CCCCCc1cc(O)c2c(c1)OC1(O)CCC(C(=O)O)C2C1. The number of rotatable bonds is 5. The van der Waals surface area contributed by atoms with Crippen molar-refractivity contribution in [2.45, 2.75) is 63.6 Å². The molecule has 23 heavy (non-hydrogen) atoms. The molecule has 1 aliphatic carbocycles. The molecule has 0 radical (unpaired) electrons. The van der Waals surface area contributed by atoms with E-state index in [9.17, 15) is 20.1 Å². The molecule has 1 aromatic carbocycles. The highest BCUT2D eigenvalue weighted by atomic mass is 16.6. The average Bonchev–Trinajstić information content (AvgIpc) is 2.46. The number of aromatic hydroxyl groups is 1. The number of aliphatic carboxylic acids is 1. The summed E-state index contributed by atoms with van der Waals surface area (Å²) in [6, 6.07) is 3.57. The third-order valence-corrected chi connectivity index (χ3v) is 5.11. The molecule has 0 saturated heterocycles. The fraction of sp³-hybridized carbons (Fsp3) is 0.611. The molecule has 2 aliphatic rings. The summed E-state index contributed by atoms with van der Waals surface area (Å²) in [4.78, 5) is 11.5. The first-order valence-electron chi connectivity index (χ1n) is 8.43. The van der Waals surface area contributed by atoms with Crippen LogP contribution in [0.3, 0.4) is 0 Å². The first-order valence-corrected chi connectivity index (χ1v) is 8.43. The molecular weight excluding hydrogens is 296 g/mol. The van der Waals surface area contributed by atoms with Gasteiger partial charge in [0.1, 0.15) is 11.5 Å². The number of hydrogen-bond acceptors (Lipinski definition) is 4. The van der Waals surface area contributed by atoms with Gasteiger partial charge < -0.3 is 20.1 Å². The molecule has 3 atom stereocenters. The van der Waals surface area contributed by atoms with Crippen molar-refractivity contribution in [2.24, 2.45) is 5.92 Å². The first-order chi connectivity index (χ1) is 10.9. The third kappa shape index (κ3) is 3.02. The van der Waals surface area contributed by atoms with Gasteiger partial charge in [0.05, 0.1) is 5.92 Å². The summed E-state index contributed by atoms with van der Waals surface area (Å²) in [7, 11) is 0. The predicted octanol–water partition coefficient (Wildman–Crippen LogP) is 3.17. The normalized spacial score (nSPS) is 28.8. The molecule has 0 amide bonds. The van der Waals surface area contributed by atoms with Gasteiger partial charge in [0.25, 0.3) is 0 Å². The van der Waals surface area contributed by atoms with E-state index in [1.165, 1.54) is 0 Å². The van der Waals surface area contributed by atoms with Gasteiger partial charge >= 0.3 is 5.97 Å². The van der Waals surface area contributed by atoms with Gasteiger partial charge in [-0.05, 0) is 37.0 Å². The minimum Gasteiger partial charge on any atom is -0.508 e. The second-order valence-electron chi connectivity index (χ2n) is 6.83. The van der Waals surface area contributed by atoms with E-state index in [4.69, 9.17) is 4.74 Å². The van der Waals surface area contributed by atoms with Gasteiger partial charge in [-0.1, -0.05) is 19.8 Å². The lowest BCUT2D eigenvalue weighted by Crippen LogP contribution is -2.48. The summed E-state index contributed by atoms with van der Waals surface area (Å²) < 4.78 is 5.75. The Balaban J connectivity index is 1.96. The second-order valence-corrected chi connectivity index (χ2v) is 6.83. The quantitative estimate of drug-likeness (QED) is 0.725. The van der Waals surface area contributed by atoms with Crippen LogP contribution in [-0.4, -0.2) is 27.1 Å². The second kappa shape index (κ2) is 6.04. The van der Waals surface area contributed by atoms with Gasteiger partial charge in [0.15, 0.2) is 0 Å². The maximum atomic E-state index is 11.5. The zero-order valence-electron chi connectivity index (χ0n) is 13.4. The number of hydrogen-bond donors (Lipinski definition) is 3. The van der Waals surface area contributed by atoms with E-state index in [0.29, 0.717) is 24.2 Å². The minimum absolute atomic E-state index is 0.0919. The molecule has 1 fully saturated rings. The van der Waals surface area contributed by atoms with Gasteiger partial charge in [0, 0.05) is 24.3 Å². The Kier molecular flexibility index (Phi) is 4.23. The number of aryl methyl sites for hydroxylation is 1. The highest BCUT2D eigenvalue weighted by Gasteiger charge is 2.50. The Morgan fingerprint density at radius 2 is 2.17 bits per heavy atom. The number of carboxylic acid groups (broad SMARTS) is 1. The fourth-order valence-corrected chi connectivity index (χ4v) is 3.91. The monoisotopic (exact) mass is 320 g/mol. The van der Waals surface area contributed by atoms with E-state index in [-0.39, 0.29) is 12.2 Å². The Morgan fingerprint density at radius 3 is 2.87 bits per heavy atom. The molecule has 1 aromatic rings. The van der Waals surface area contributed by atoms with Crippen LogP contribution in [-0.2, 0) is 11.2 Å². The Morgan fingerprint density at radius 1 is 1.39 bits per heavy atom. The molecule has 0 spiro atoms. The fourth-order valence-electron chi connectivity index (χ4n) is 3.91. The van der Waals surface area contributed by atoms with E-state index >= 15 is 0 Å². The van der Waals surface area contributed by atoms with E-state index in [0.717, 1.165) is 31.2 Å². The van der Waals surface area contributed by atoms with Crippen molar-refractivity contribution in [3.05, 3.63) is 23.3 Å². The zero-order valence-corrected chi connectivity index (χ0v) is 13.4. The van der Waals surface area contributed by atoms with Crippen LogP contribution in [0.5, 0.6) is 11.5 Å². The van der Waals surface area contributed by atoms with Crippen molar-refractivity contribution < 1.29 is 24.9 Å². The highest BCUT2D eigenvalue weighted by molar-refractivity contribution is 5.73. The first kappa shape index (κ1) is 16.1. The van der Waals surface area contributed by atoms with Crippen molar-refractivity contribution in [2.75, 3.05) is 0 Å². The van der Waals surface area contributed by atoms with E-state index in [1.54, 1.807) is 6.07 Å². The molecule has 5 heteroatoms. The lowest BCUT2D eigenvalue weighted by Gasteiger charge is -2.45. The summed E-state index contributed by atoms with van der Waals surface area (Å²) >= 11 is 0. The Bertz CT molecular complexity index is 612. The Hall–Kier alpha value is -1.75. The number of carboxylic acids is 1.